The van der Waals surface area contributed by atoms with Crippen LogP contribution in [0.4, 0.5) is 13.2 Å². The van der Waals surface area contributed by atoms with Gasteiger partial charge >= 0.3 is 6.18 Å². The summed E-state index contributed by atoms with van der Waals surface area (Å²) in [6.07, 6.45) is -4.40. The summed E-state index contributed by atoms with van der Waals surface area (Å²) in [6.45, 7) is 2.14. The van der Waals surface area contributed by atoms with E-state index in [9.17, 15) is 18.0 Å². The molecule has 2 aromatic rings. The average Bonchev–Trinajstić information content (AvgIpc) is 2.88. The van der Waals surface area contributed by atoms with Crippen molar-refractivity contribution in [3.63, 3.8) is 0 Å². The highest BCUT2D eigenvalue weighted by atomic mass is 19.4. The Kier molecular flexibility index (Phi) is 3.68. The summed E-state index contributed by atoms with van der Waals surface area (Å²) in [5.41, 5.74) is -0.494. The maximum atomic E-state index is 12.4. The molecule has 6 nitrogen and oxygen atoms in total. The Morgan fingerprint density at radius 3 is 2.50 bits per heavy atom. The lowest BCUT2D eigenvalue weighted by atomic mass is 10.2. The highest BCUT2D eigenvalue weighted by Gasteiger charge is 2.30. The van der Waals surface area contributed by atoms with E-state index in [-0.39, 0.29) is 11.5 Å². The molecule has 0 unspecified atom stereocenters. The summed E-state index contributed by atoms with van der Waals surface area (Å²) in [7, 11) is 0. The smallest absolute Gasteiger partial charge is 0.349 e. The Balaban J connectivity index is 2.22. The molecule has 9 heteroatoms. The number of carbonyl (C=O) groups excluding carboxylic acids is 1. The molecule has 1 N–H and O–H groups in total. The first kappa shape index (κ1) is 14.0. The van der Waals surface area contributed by atoms with E-state index in [2.05, 4.69) is 20.7 Å². The van der Waals surface area contributed by atoms with E-state index in [0.717, 1.165) is 16.9 Å². The van der Waals surface area contributed by atoms with E-state index in [1.54, 1.807) is 6.92 Å². The second-order valence-corrected chi connectivity index (χ2v) is 3.81. The number of nitrogens with zero attached hydrogens (tertiary/aromatic N) is 4. The monoisotopic (exact) mass is 285 g/mol. The van der Waals surface area contributed by atoms with Gasteiger partial charge in [0.2, 0.25) is 0 Å². The number of nitrogens with one attached hydrogen (secondary N) is 1. The Morgan fingerprint density at radius 1 is 1.30 bits per heavy atom. The zero-order valence-corrected chi connectivity index (χ0v) is 10.3. The summed E-state index contributed by atoms with van der Waals surface area (Å²) >= 11 is 0. The molecule has 1 aromatic heterocycles. The zero-order chi connectivity index (χ0) is 14.8. The molecule has 1 heterocycles. The Labute approximate surface area is 111 Å². The van der Waals surface area contributed by atoms with Gasteiger partial charge in [-0.2, -0.15) is 13.2 Å². The van der Waals surface area contributed by atoms with Gasteiger partial charge in [0, 0.05) is 6.54 Å². The van der Waals surface area contributed by atoms with Crippen LogP contribution in [0.3, 0.4) is 0 Å². The van der Waals surface area contributed by atoms with Crippen LogP contribution in [-0.2, 0) is 6.18 Å². The van der Waals surface area contributed by atoms with E-state index in [1.807, 2.05) is 0 Å². The number of amides is 1. The molecule has 0 spiro atoms. The molecule has 20 heavy (non-hydrogen) atoms. The van der Waals surface area contributed by atoms with Crippen molar-refractivity contribution in [2.75, 3.05) is 6.54 Å². The molecule has 0 fully saturated rings. The van der Waals surface area contributed by atoms with E-state index in [4.69, 9.17) is 0 Å². The van der Waals surface area contributed by atoms with Gasteiger partial charge in [-0.15, -0.1) is 15.0 Å². The van der Waals surface area contributed by atoms with Gasteiger partial charge in [0.25, 0.3) is 11.7 Å². The first-order valence-electron chi connectivity index (χ1n) is 5.67. The van der Waals surface area contributed by atoms with Crippen molar-refractivity contribution in [1.29, 1.82) is 0 Å². The number of aromatic nitrogens is 4. The Morgan fingerprint density at radius 2 is 1.95 bits per heavy atom. The van der Waals surface area contributed by atoms with Crippen molar-refractivity contribution in [2.45, 2.75) is 13.1 Å². The Hall–Kier alpha value is -2.45. The van der Waals surface area contributed by atoms with Gasteiger partial charge < -0.3 is 5.32 Å². The van der Waals surface area contributed by atoms with Gasteiger partial charge in [-0.1, -0.05) is 0 Å². The number of hydrogen-bond acceptors (Lipinski definition) is 4. The maximum absolute atomic E-state index is 12.4. The van der Waals surface area contributed by atoms with Gasteiger partial charge in [-0.3, -0.25) is 4.79 Å². The molecular weight excluding hydrogens is 275 g/mol. The predicted octanol–water partition coefficient (Wildman–Crippen LogP) is 1.43. The maximum Gasteiger partial charge on any atom is 0.416 e. The molecule has 2 rings (SSSR count). The first-order chi connectivity index (χ1) is 9.41. The van der Waals surface area contributed by atoms with Crippen LogP contribution in [0.25, 0.3) is 5.69 Å². The highest BCUT2D eigenvalue weighted by Crippen LogP contribution is 2.29. The van der Waals surface area contributed by atoms with Crippen LogP contribution >= 0.6 is 0 Å². The van der Waals surface area contributed by atoms with Crippen LogP contribution in [0, 0.1) is 0 Å². The fourth-order valence-electron chi connectivity index (χ4n) is 1.44. The van der Waals surface area contributed by atoms with Crippen molar-refractivity contribution in [2.24, 2.45) is 0 Å². The molecule has 0 atom stereocenters. The standard InChI is InChI=1S/C11H10F3N5O/c1-2-15-10(20)9-16-18-19(17-9)8-5-3-7(4-6-8)11(12,13)14/h3-6H,2H2,1H3,(H,15,20). The SMILES string of the molecule is CCNC(=O)c1nnn(-c2ccc(C(F)(F)F)cc2)n1. The van der Waals surface area contributed by atoms with Gasteiger partial charge in [0.1, 0.15) is 0 Å². The van der Waals surface area contributed by atoms with E-state index in [1.165, 1.54) is 12.1 Å². The van der Waals surface area contributed by atoms with Crippen molar-refractivity contribution in [3.8, 4) is 5.69 Å². The number of hydrogen-bond donors (Lipinski definition) is 1. The largest absolute Gasteiger partial charge is 0.416 e. The third-order valence-electron chi connectivity index (χ3n) is 2.38. The molecule has 0 aliphatic carbocycles. The van der Waals surface area contributed by atoms with Crippen LogP contribution in [0.2, 0.25) is 0 Å². The van der Waals surface area contributed by atoms with Crippen LogP contribution in [0.1, 0.15) is 23.1 Å². The van der Waals surface area contributed by atoms with E-state index >= 15 is 0 Å². The van der Waals surface area contributed by atoms with E-state index in [0.29, 0.717) is 6.54 Å². The summed E-state index contributed by atoms with van der Waals surface area (Å²) in [6, 6.07) is 4.22. The lowest BCUT2D eigenvalue weighted by molar-refractivity contribution is -0.137. The Bertz CT molecular complexity index is 605. The quantitative estimate of drug-likeness (QED) is 0.926. The van der Waals surface area contributed by atoms with E-state index < -0.39 is 17.6 Å². The minimum Gasteiger partial charge on any atom is -0.349 e. The number of alkyl halides is 3. The lowest BCUT2D eigenvalue weighted by Crippen LogP contribution is -2.24. The molecule has 0 bridgehead atoms. The van der Waals surface area contributed by atoms with Crippen LogP contribution < -0.4 is 5.32 Å². The number of tetrazole rings is 1. The summed E-state index contributed by atoms with van der Waals surface area (Å²) in [5, 5.41) is 13.4. The number of benzene rings is 1. The van der Waals surface area contributed by atoms with Crippen LogP contribution in [0.15, 0.2) is 24.3 Å². The third kappa shape index (κ3) is 2.92. The zero-order valence-electron chi connectivity index (χ0n) is 10.3. The summed E-state index contributed by atoms with van der Waals surface area (Å²) < 4.78 is 37.2. The minimum absolute atomic E-state index is 0.147. The van der Waals surface area contributed by atoms with Crippen molar-refractivity contribution in [3.05, 3.63) is 35.7 Å². The summed E-state index contributed by atoms with van der Waals surface area (Å²) in [4.78, 5) is 12.4. The number of rotatable bonds is 3. The minimum atomic E-state index is -4.40. The lowest BCUT2D eigenvalue weighted by Gasteiger charge is -2.06. The highest BCUT2D eigenvalue weighted by molar-refractivity contribution is 5.90. The van der Waals surface area contributed by atoms with Gasteiger partial charge in [-0.05, 0) is 36.4 Å². The van der Waals surface area contributed by atoms with Crippen molar-refractivity contribution < 1.29 is 18.0 Å². The molecule has 0 radical (unpaired) electrons. The van der Waals surface area contributed by atoms with Crippen LogP contribution in [-0.4, -0.2) is 32.7 Å². The van der Waals surface area contributed by atoms with Gasteiger partial charge in [0.05, 0.1) is 11.3 Å². The molecule has 1 amide bonds. The topological polar surface area (TPSA) is 72.7 Å². The second-order valence-electron chi connectivity index (χ2n) is 3.81. The second kappa shape index (κ2) is 5.27. The molecule has 106 valence electrons. The van der Waals surface area contributed by atoms with Gasteiger partial charge in [0.15, 0.2) is 0 Å². The third-order valence-corrected chi connectivity index (χ3v) is 2.38. The molecule has 0 saturated heterocycles. The molecule has 0 saturated carbocycles. The number of halogens is 3. The molecule has 1 aromatic carbocycles. The molecular formula is C11H10F3N5O. The average molecular weight is 285 g/mol. The fourth-order valence-corrected chi connectivity index (χ4v) is 1.44. The fraction of sp³-hybridized carbons (Fsp3) is 0.273. The first-order valence-corrected chi connectivity index (χ1v) is 5.67. The molecule has 0 aliphatic heterocycles. The van der Waals surface area contributed by atoms with Crippen molar-refractivity contribution >= 4 is 5.91 Å². The predicted molar refractivity (Wildman–Crippen MR) is 62.2 cm³/mol. The summed E-state index contributed by atoms with van der Waals surface area (Å²) in [5.74, 6) is -0.641. The number of carbonyl (C=O) groups is 1. The van der Waals surface area contributed by atoms with Crippen molar-refractivity contribution in [1.82, 2.24) is 25.5 Å². The normalized spacial score (nSPS) is 11.4. The molecule has 0 aliphatic rings. The van der Waals surface area contributed by atoms with Gasteiger partial charge in [-0.25, -0.2) is 0 Å². The van der Waals surface area contributed by atoms with Crippen LogP contribution in [0.5, 0.6) is 0 Å².